The van der Waals surface area contributed by atoms with Crippen LogP contribution >= 0.6 is 12.4 Å². The molecule has 0 aromatic heterocycles. The Balaban J connectivity index is 0.00000264. The number of hydrogen-bond donors (Lipinski definition) is 2. The largest absolute Gasteiger partial charge is 0.489 e. The maximum Gasteiger partial charge on any atom is 0.124 e. The van der Waals surface area contributed by atoms with Crippen molar-refractivity contribution in [2.75, 3.05) is 26.4 Å². The minimum atomic E-state index is 0. The van der Waals surface area contributed by atoms with Gasteiger partial charge in [0, 0.05) is 18.7 Å². The highest BCUT2D eigenvalue weighted by molar-refractivity contribution is 5.85. The standard InChI is InChI=1S/C18H23NO3.ClH/c20-11-13-21-12-10-19-14-17-8-4-5-9-18(17)22-15-16-6-2-1-3-7-16;/h1-9,19-20H,10-15H2;1H. The topological polar surface area (TPSA) is 50.7 Å². The molecule has 0 aliphatic carbocycles. The number of para-hydroxylation sites is 1. The number of halogens is 1. The van der Waals surface area contributed by atoms with Crippen LogP contribution in [-0.2, 0) is 17.9 Å². The minimum absolute atomic E-state index is 0. The molecule has 2 aromatic carbocycles. The Kier molecular flexibility index (Phi) is 10.1. The fourth-order valence-electron chi connectivity index (χ4n) is 2.06. The Labute approximate surface area is 143 Å². The molecule has 0 bridgehead atoms. The Hall–Kier alpha value is -1.59. The first-order valence-corrected chi connectivity index (χ1v) is 7.54. The summed E-state index contributed by atoms with van der Waals surface area (Å²) < 4.78 is 11.1. The number of nitrogens with one attached hydrogen (secondary N) is 1. The summed E-state index contributed by atoms with van der Waals surface area (Å²) in [6, 6.07) is 18.2. The third kappa shape index (κ3) is 7.48. The van der Waals surface area contributed by atoms with Crippen molar-refractivity contribution in [2.45, 2.75) is 13.2 Å². The number of aliphatic hydroxyl groups excluding tert-OH is 1. The van der Waals surface area contributed by atoms with Crippen molar-refractivity contribution in [2.24, 2.45) is 0 Å². The van der Waals surface area contributed by atoms with Crippen molar-refractivity contribution in [1.82, 2.24) is 5.32 Å². The van der Waals surface area contributed by atoms with Gasteiger partial charge in [0.05, 0.1) is 19.8 Å². The molecule has 2 aromatic rings. The predicted octanol–water partition coefficient (Wildman–Crippen LogP) is 2.79. The first-order chi connectivity index (χ1) is 10.9. The minimum Gasteiger partial charge on any atom is -0.489 e. The number of ether oxygens (including phenoxy) is 2. The number of aliphatic hydroxyl groups is 1. The molecule has 0 heterocycles. The van der Waals surface area contributed by atoms with E-state index in [0.29, 0.717) is 19.8 Å². The van der Waals surface area contributed by atoms with Gasteiger partial charge in [-0.15, -0.1) is 12.4 Å². The van der Waals surface area contributed by atoms with Gasteiger partial charge in [0.25, 0.3) is 0 Å². The van der Waals surface area contributed by atoms with Crippen LogP contribution in [0.1, 0.15) is 11.1 Å². The summed E-state index contributed by atoms with van der Waals surface area (Å²) in [5, 5.41) is 11.9. The molecule has 0 aliphatic heterocycles. The summed E-state index contributed by atoms with van der Waals surface area (Å²) in [6.07, 6.45) is 0. The molecule has 0 aliphatic rings. The maximum absolute atomic E-state index is 8.63. The summed E-state index contributed by atoms with van der Waals surface area (Å²) in [5.74, 6) is 0.898. The van der Waals surface area contributed by atoms with Crippen LogP contribution in [0.3, 0.4) is 0 Å². The predicted molar refractivity (Wildman–Crippen MR) is 94.1 cm³/mol. The average Bonchev–Trinajstić information content (AvgIpc) is 2.58. The first-order valence-electron chi connectivity index (χ1n) is 7.54. The Morgan fingerprint density at radius 1 is 0.913 bits per heavy atom. The highest BCUT2D eigenvalue weighted by Crippen LogP contribution is 2.19. The highest BCUT2D eigenvalue weighted by Gasteiger charge is 2.03. The van der Waals surface area contributed by atoms with Crippen LogP contribution in [0.25, 0.3) is 0 Å². The third-order valence-corrected chi connectivity index (χ3v) is 3.18. The van der Waals surface area contributed by atoms with Crippen molar-refractivity contribution < 1.29 is 14.6 Å². The fourth-order valence-corrected chi connectivity index (χ4v) is 2.06. The zero-order valence-corrected chi connectivity index (χ0v) is 13.9. The molecule has 5 heteroatoms. The molecule has 0 saturated carbocycles. The molecule has 0 amide bonds. The molecule has 4 nitrogen and oxygen atoms in total. The van der Waals surface area contributed by atoms with E-state index in [2.05, 4.69) is 23.5 Å². The molecule has 0 unspecified atom stereocenters. The van der Waals surface area contributed by atoms with Crippen LogP contribution in [0.15, 0.2) is 54.6 Å². The molecule has 0 atom stereocenters. The molecular formula is C18H24ClNO3. The van der Waals surface area contributed by atoms with Gasteiger partial charge >= 0.3 is 0 Å². The third-order valence-electron chi connectivity index (χ3n) is 3.18. The van der Waals surface area contributed by atoms with Gasteiger partial charge in [-0.2, -0.15) is 0 Å². The van der Waals surface area contributed by atoms with E-state index in [1.807, 2.05) is 36.4 Å². The lowest BCUT2D eigenvalue weighted by molar-refractivity contribution is 0.0937. The first kappa shape index (κ1) is 19.5. The monoisotopic (exact) mass is 337 g/mol. The summed E-state index contributed by atoms with van der Waals surface area (Å²) in [6.45, 7) is 3.08. The van der Waals surface area contributed by atoms with Gasteiger partial charge in [-0.3, -0.25) is 0 Å². The van der Waals surface area contributed by atoms with Crippen molar-refractivity contribution in [3.8, 4) is 5.75 Å². The van der Waals surface area contributed by atoms with Gasteiger partial charge in [0.2, 0.25) is 0 Å². The van der Waals surface area contributed by atoms with E-state index in [0.717, 1.165) is 30.0 Å². The summed E-state index contributed by atoms with van der Waals surface area (Å²) in [4.78, 5) is 0. The van der Waals surface area contributed by atoms with Gasteiger partial charge in [-0.25, -0.2) is 0 Å². The van der Waals surface area contributed by atoms with Crippen LogP contribution in [0.5, 0.6) is 5.75 Å². The summed E-state index contributed by atoms with van der Waals surface area (Å²) in [7, 11) is 0. The number of hydrogen-bond acceptors (Lipinski definition) is 4. The maximum atomic E-state index is 8.63. The zero-order chi connectivity index (χ0) is 15.5. The van der Waals surface area contributed by atoms with Crippen LogP contribution in [0, 0.1) is 0 Å². The van der Waals surface area contributed by atoms with Crippen LogP contribution in [0.2, 0.25) is 0 Å². The van der Waals surface area contributed by atoms with E-state index in [-0.39, 0.29) is 19.0 Å². The molecule has 23 heavy (non-hydrogen) atoms. The Morgan fingerprint density at radius 2 is 1.65 bits per heavy atom. The molecule has 2 rings (SSSR count). The lowest BCUT2D eigenvalue weighted by atomic mass is 10.2. The molecule has 0 fully saturated rings. The van der Waals surface area contributed by atoms with E-state index >= 15 is 0 Å². The van der Waals surface area contributed by atoms with Crippen molar-refractivity contribution >= 4 is 12.4 Å². The Bertz CT molecular complexity index is 537. The molecule has 2 N–H and O–H groups in total. The van der Waals surface area contributed by atoms with Crippen LogP contribution < -0.4 is 10.1 Å². The second-order valence-electron chi connectivity index (χ2n) is 4.89. The summed E-state index contributed by atoms with van der Waals surface area (Å²) >= 11 is 0. The summed E-state index contributed by atoms with van der Waals surface area (Å²) in [5.41, 5.74) is 2.28. The Morgan fingerprint density at radius 3 is 2.43 bits per heavy atom. The fraction of sp³-hybridized carbons (Fsp3) is 0.333. The second-order valence-corrected chi connectivity index (χ2v) is 4.89. The molecule has 0 radical (unpaired) electrons. The zero-order valence-electron chi connectivity index (χ0n) is 13.1. The van der Waals surface area contributed by atoms with Gasteiger partial charge in [0.15, 0.2) is 0 Å². The molecule has 0 spiro atoms. The van der Waals surface area contributed by atoms with E-state index < -0.39 is 0 Å². The second kappa shape index (κ2) is 11.9. The quantitative estimate of drug-likeness (QED) is 0.655. The lowest BCUT2D eigenvalue weighted by Crippen LogP contribution is -2.20. The number of rotatable bonds is 10. The van der Waals surface area contributed by atoms with Crippen LogP contribution in [-0.4, -0.2) is 31.5 Å². The highest BCUT2D eigenvalue weighted by atomic mass is 35.5. The molecule has 126 valence electrons. The van der Waals surface area contributed by atoms with E-state index in [1.165, 1.54) is 0 Å². The van der Waals surface area contributed by atoms with Crippen molar-refractivity contribution in [3.63, 3.8) is 0 Å². The van der Waals surface area contributed by atoms with Gasteiger partial charge in [-0.05, 0) is 11.6 Å². The van der Waals surface area contributed by atoms with E-state index in [1.54, 1.807) is 0 Å². The SMILES string of the molecule is Cl.OCCOCCNCc1ccccc1OCc1ccccc1. The average molecular weight is 338 g/mol. The van der Waals surface area contributed by atoms with E-state index in [4.69, 9.17) is 14.6 Å². The van der Waals surface area contributed by atoms with Crippen molar-refractivity contribution in [3.05, 3.63) is 65.7 Å². The lowest BCUT2D eigenvalue weighted by Gasteiger charge is -2.12. The molecule has 0 saturated heterocycles. The van der Waals surface area contributed by atoms with Crippen LogP contribution in [0.4, 0.5) is 0 Å². The van der Waals surface area contributed by atoms with E-state index in [9.17, 15) is 0 Å². The van der Waals surface area contributed by atoms with Crippen molar-refractivity contribution in [1.29, 1.82) is 0 Å². The smallest absolute Gasteiger partial charge is 0.124 e. The van der Waals surface area contributed by atoms with Gasteiger partial charge in [0.1, 0.15) is 12.4 Å². The molecular weight excluding hydrogens is 314 g/mol. The normalized spacial score (nSPS) is 10.1. The number of benzene rings is 2. The van der Waals surface area contributed by atoms with Gasteiger partial charge < -0.3 is 19.9 Å². The van der Waals surface area contributed by atoms with Gasteiger partial charge in [-0.1, -0.05) is 48.5 Å².